The third kappa shape index (κ3) is 4.67. The van der Waals surface area contributed by atoms with Crippen LogP contribution in [-0.2, 0) is 5.41 Å². The van der Waals surface area contributed by atoms with Crippen LogP contribution in [0.15, 0.2) is 48.5 Å². The zero-order chi connectivity index (χ0) is 17.6. The third-order valence-electron chi connectivity index (χ3n) is 4.85. The number of hydrogen-bond acceptors (Lipinski definition) is 2. The number of unbranched alkanes of at least 4 members (excludes halogenated alkanes) is 2. The van der Waals surface area contributed by atoms with Gasteiger partial charge in [-0.15, -0.1) is 11.6 Å². The summed E-state index contributed by atoms with van der Waals surface area (Å²) in [5, 5.41) is 19.8. The number of benzene rings is 2. The lowest BCUT2D eigenvalue weighted by molar-refractivity contribution is 0.372. The molecule has 3 heteroatoms. The van der Waals surface area contributed by atoms with Gasteiger partial charge in [0.05, 0.1) is 0 Å². The van der Waals surface area contributed by atoms with Crippen molar-refractivity contribution in [2.45, 2.75) is 50.9 Å². The van der Waals surface area contributed by atoms with Crippen LogP contribution in [0.2, 0.25) is 0 Å². The molecule has 0 saturated heterocycles. The first kappa shape index (κ1) is 18.7. The summed E-state index contributed by atoms with van der Waals surface area (Å²) in [5.41, 5.74) is 2.03. The molecule has 2 rings (SSSR count). The molecule has 2 aromatic rings. The van der Waals surface area contributed by atoms with Crippen molar-refractivity contribution in [3.63, 3.8) is 0 Å². The standard InChI is InChI=1S/C21H27ClO2/c1-21(2,17-13-18(23)15-19(24)14-17)20(11-7-4-8-12-22)16-9-5-3-6-10-16/h3,5-6,9-10,13-15,20,23-24H,4,7-8,11-12H2,1-2H3/t20-/m1/s1. The van der Waals surface area contributed by atoms with E-state index in [0.717, 1.165) is 31.2 Å². The molecule has 0 aliphatic carbocycles. The van der Waals surface area contributed by atoms with Crippen molar-refractivity contribution in [1.29, 1.82) is 0 Å². The van der Waals surface area contributed by atoms with Crippen molar-refractivity contribution in [1.82, 2.24) is 0 Å². The molecule has 0 bridgehead atoms. The second-order valence-electron chi connectivity index (χ2n) is 6.96. The molecule has 0 aromatic heterocycles. The van der Waals surface area contributed by atoms with Gasteiger partial charge in [0.2, 0.25) is 0 Å². The highest BCUT2D eigenvalue weighted by Crippen LogP contribution is 2.43. The van der Waals surface area contributed by atoms with Crippen molar-refractivity contribution >= 4 is 11.6 Å². The lowest BCUT2D eigenvalue weighted by Crippen LogP contribution is -2.27. The Bertz CT molecular complexity index is 617. The topological polar surface area (TPSA) is 40.5 Å². The van der Waals surface area contributed by atoms with Gasteiger partial charge in [-0.1, -0.05) is 57.0 Å². The summed E-state index contributed by atoms with van der Waals surface area (Å²) in [6.45, 7) is 4.36. The molecule has 0 spiro atoms. The van der Waals surface area contributed by atoms with Gasteiger partial charge in [-0.05, 0) is 47.4 Å². The summed E-state index contributed by atoms with van der Waals surface area (Å²) >= 11 is 5.80. The molecule has 0 saturated carbocycles. The van der Waals surface area contributed by atoms with E-state index in [1.165, 1.54) is 11.6 Å². The maximum atomic E-state index is 9.88. The predicted octanol–water partition coefficient (Wildman–Crippen LogP) is 5.96. The summed E-state index contributed by atoms with van der Waals surface area (Å²) in [5.74, 6) is 1.22. The largest absolute Gasteiger partial charge is 0.508 e. The summed E-state index contributed by atoms with van der Waals surface area (Å²) in [4.78, 5) is 0. The summed E-state index contributed by atoms with van der Waals surface area (Å²) in [7, 11) is 0. The van der Waals surface area contributed by atoms with Gasteiger partial charge >= 0.3 is 0 Å². The number of hydrogen-bond donors (Lipinski definition) is 2. The number of phenolic OH excluding ortho intramolecular Hbond substituents is 2. The Kier molecular flexibility index (Phi) is 6.56. The summed E-state index contributed by atoms with van der Waals surface area (Å²) in [6, 6.07) is 15.4. The maximum Gasteiger partial charge on any atom is 0.119 e. The van der Waals surface area contributed by atoms with Gasteiger partial charge in [-0.3, -0.25) is 0 Å². The van der Waals surface area contributed by atoms with Crippen molar-refractivity contribution in [3.05, 3.63) is 59.7 Å². The Morgan fingerprint density at radius 2 is 1.54 bits per heavy atom. The number of phenols is 2. The second kappa shape index (κ2) is 8.43. The fourth-order valence-electron chi connectivity index (χ4n) is 3.42. The van der Waals surface area contributed by atoms with E-state index in [4.69, 9.17) is 11.6 Å². The highest BCUT2D eigenvalue weighted by atomic mass is 35.5. The minimum Gasteiger partial charge on any atom is -0.508 e. The molecule has 2 N–H and O–H groups in total. The number of aromatic hydroxyl groups is 2. The molecule has 0 radical (unpaired) electrons. The first-order valence-electron chi connectivity index (χ1n) is 8.59. The Morgan fingerprint density at radius 1 is 0.917 bits per heavy atom. The Labute approximate surface area is 150 Å². The number of alkyl halides is 1. The molecule has 0 amide bonds. The molecular formula is C21H27ClO2. The number of halogens is 1. The molecule has 0 aliphatic heterocycles. The average molecular weight is 347 g/mol. The Hall–Kier alpha value is -1.67. The lowest BCUT2D eigenvalue weighted by Gasteiger charge is -2.36. The maximum absolute atomic E-state index is 9.88. The summed E-state index contributed by atoms with van der Waals surface area (Å²) in [6.07, 6.45) is 4.31. The highest BCUT2D eigenvalue weighted by Gasteiger charge is 2.32. The van der Waals surface area contributed by atoms with E-state index in [1.54, 1.807) is 12.1 Å². The Balaban J connectivity index is 2.33. The molecule has 130 valence electrons. The van der Waals surface area contributed by atoms with Crippen molar-refractivity contribution in [2.24, 2.45) is 0 Å². The van der Waals surface area contributed by atoms with E-state index in [-0.39, 0.29) is 16.9 Å². The van der Waals surface area contributed by atoms with Gasteiger partial charge in [0, 0.05) is 11.9 Å². The van der Waals surface area contributed by atoms with Crippen LogP contribution >= 0.6 is 11.6 Å². The average Bonchev–Trinajstić information content (AvgIpc) is 2.54. The minimum absolute atomic E-state index is 0.104. The zero-order valence-corrected chi connectivity index (χ0v) is 15.3. The van der Waals surface area contributed by atoms with Crippen molar-refractivity contribution in [2.75, 3.05) is 5.88 Å². The molecule has 2 nitrogen and oxygen atoms in total. The predicted molar refractivity (Wildman–Crippen MR) is 101 cm³/mol. The molecule has 2 aromatic carbocycles. The van der Waals surface area contributed by atoms with Gasteiger partial charge in [0.15, 0.2) is 0 Å². The van der Waals surface area contributed by atoms with Crippen LogP contribution < -0.4 is 0 Å². The fraction of sp³-hybridized carbons (Fsp3) is 0.429. The van der Waals surface area contributed by atoms with Crippen LogP contribution in [0.25, 0.3) is 0 Å². The molecule has 24 heavy (non-hydrogen) atoms. The van der Waals surface area contributed by atoms with Crippen LogP contribution in [0.5, 0.6) is 11.5 Å². The van der Waals surface area contributed by atoms with Gasteiger partial charge in [0.1, 0.15) is 11.5 Å². The van der Waals surface area contributed by atoms with E-state index >= 15 is 0 Å². The molecular weight excluding hydrogens is 320 g/mol. The quantitative estimate of drug-likeness (QED) is 0.457. The molecule has 0 fully saturated rings. The van der Waals surface area contributed by atoms with Crippen LogP contribution in [0.3, 0.4) is 0 Å². The third-order valence-corrected chi connectivity index (χ3v) is 5.11. The first-order chi connectivity index (χ1) is 11.4. The van der Waals surface area contributed by atoms with Gasteiger partial charge in [0.25, 0.3) is 0 Å². The van der Waals surface area contributed by atoms with E-state index in [2.05, 4.69) is 38.1 Å². The van der Waals surface area contributed by atoms with E-state index in [0.29, 0.717) is 11.8 Å². The minimum atomic E-state index is -0.210. The van der Waals surface area contributed by atoms with Crippen LogP contribution in [0.1, 0.15) is 56.6 Å². The molecule has 0 unspecified atom stereocenters. The fourth-order valence-corrected chi connectivity index (χ4v) is 3.61. The van der Waals surface area contributed by atoms with Crippen LogP contribution in [-0.4, -0.2) is 16.1 Å². The molecule has 0 heterocycles. The smallest absolute Gasteiger partial charge is 0.119 e. The monoisotopic (exact) mass is 346 g/mol. The van der Waals surface area contributed by atoms with Gasteiger partial charge in [-0.25, -0.2) is 0 Å². The van der Waals surface area contributed by atoms with Gasteiger partial charge < -0.3 is 10.2 Å². The van der Waals surface area contributed by atoms with Crippen LogP contribution in [0.4, 0.5) is 0 Å². The zero-order valence-electron chi connectivity index (χ0n) is 14.5. The second-order valence-corrected chi connectivity index (χ2v) is 7.34. The van der Waals surface area contributed by atoms with E-state index in [9.17, 15) is 10.2 Å². The lowest BCUT2D eigenvalue weighted by atomic mass is 9.68. The van der Waals surface area contributed by atoms with E-state index in [1.807, 2.05) is 6.07 Å². The SMILES string of the molecule is CC(C)(c1cc(O)cc(O)c1)[C@H](CCCCCCl)c1ccccc1. The molecule has 0 aliphatic rings. The number of rotatable bonds is 8. The van der Waals surface area contributed by atoms with Crippen molar-refractivity contribution in [3.8, 4) is 11.5 Å². The van der Waals surface area contributed by atoms with Crippen LogP contribution in [0, 0.1) is 0 Å². The normalized spacial score (nSPS) is 13.0. The first-order valence-corrected chi connectivity index (χ1v) is 9.13. The summed E-state index contributed by atoms with van der Waals surface area (Å²) < 4.78 is 0. The van der Waals surface area contributed by atoms with Crippen molar-refractivity contribution < 1.29 is 10.2 Å². The van der Waals surface area contributed by atoms with E-state index < -0.39 is 0 Å². The van der Waals surface area contributed by atoms with Gasteiger partial charge in [-0.2, -0.15) is 0 Å². The molecule has 1 atom stereocenters. The highest BCUT2D eigenvalue weighted by molar-refractivity contribution is 6.17. The Morgan fingerprint density at radius 3 is 2.12 bits per heavy atom.